The van der Waals surface area contributed by atoms with Crippen LogP contribution in [0.15, 0.2) is 54.9 Å². The highest BCUT2D eigenvalue weighted by Crippen LogP contribution is 2.33. The molecule has 3 rings (SSSR count). The average Bonchev–Trinajstić information content (AvgIpc) is 2.74. The molecule has 0 fully saturated rings. The lowest BCUT2D eigenvalue weighted by Gasteiger charge is -2.19. The first kappa shape index (κ1) is 23.9. The average molecular weight is 464 g/mol. The van der Waals surface area contributed by atoms with Gasteiger partial charge in [-0.15, -0.1) is 0 Å². The first-order chi connectivity index (χ1) is 16.0. The zero-order chi connectivity index (χ0) is 24.9. The van der Waals surface area contributed by atoms with E-state index in [1.807, 2.05) is 0 Å². The zero-order valence-corrected chi connectivity index (χ0v) is 18.7. The fraction of sp³-hybridized carbons (Fsp3) is 0.182. The number of nitrogens with zero attached hydrogens (tertiary/aromatic N) is 3. The van der Waals surface area contributed by atoms with Gasteiger partial charge in [0.05, 0.1) is 4.92 Å². The summed E-state index contributed by atoms with van der Waals surface area (Å²) in [6, 6.07) is 13.0. The van der Waals surface area contributed by atoms with Crippen LogP contribution in [0.3, 0.4) is 0 Å². The van der Waals surface area contributed by atoms with Crippen molar-refractivity contribution in [3.63, 3.8) is 0 Å². The predicted octanol–water partition coefficient (Wildman–Crippen LogP) is 4.50. The van der Waals surface area contributed by atoms with Gasteiger partial charge in [0.25, 0.3) is 0 Å². The molecule has 0 saturated heterocycles. The summed E-state index contributed by atoms with van der Waals surface area (Å²) >= 11 is 0. The van der Waals surface area contributed by atoms with Crippen molar-refractivity contribution < 1.29 is 14.5 Å². The van der Waals surface area contributed by atoms with Crippen molar-refractivity contribution in [1.82, 2.24) is 9.97 Å². The molecule has 34 heavy (non-hydrogen) atoms. The van der Waals surface area contributed by atoms with E-state index in [9.17, 15) is 14.9 Å². The van der Waals surface area contributed by atoms with Crippen molar-refractivity contribution in [1.29, 1.82) is 5.41 Å². The minimum atomic E-state index is -0.626. The lowest BCUT2D eigenvalue weighted by molar-refractivity contribution is -0.383. The number of amides is 1. The van der Waals surface area contributed by atoms with Gasteiger partial charge in [0.2, 0.25) is 11.6 Å². The second-order valence-electron chi connectivity index (χ2n) is 8.12. The van der Waals surface area contributed by atoms with Gasteiger partial charge in [-0.2, -0.15) is 0 Å². The molecule has 0 radical (unpaired) electrons. The standard InChI is InChI=1S/C22H24N8O4/c1-22(2,3)34-21(31)29-16-10-8-15(9-11-16)28-20-17(30(32)33)19(25-12-26-20)27-14-6-4-13(5-7-14)18(23)24/h4-12H,1-3H3,(H3,23,24)(H,29,31)(H2,25,26,27,28). The number of nitrogen functional groups attached to an aromatic ring is 1. The van der Waals surface area contributed by atoms with Crippen molar-refractivity contribution in [3.8, 4) is 0 Å². The Labute approximate surface area is 195 Å². The molecular formula is C22H24N8O4. The Morgan fingerprint density at radius 3 is 1.88 bits per heavy atom. The van der Waals surface area contributed by atoms with Gasteiger partial charge in [-0.3, -0.25) is 20.8 Å². The Morgan fingerprint density at radius 2 is 1.44 bits per heavy atom. The first-order valence-electron chi connectivity index (χ1n) is 10.1. The molecule has 0 aliphatic carbocycles. The number of carbonyl (C=O) groups is 1. The molecule has 176 valence electrons. The Kier molecular flexibility index (Phi) is 6.90. The highest BCUT2D eigenvalue weighted by Gasteiger charge is 2.23. The summed E-state index contributed by atoms with van der Waals surface area (Å²) in [6.07, 6.45) is 0.603. The number of nitro groups is 1. The predicted molar refractivity (Wildman–Crippen MR) is 129 cm³/mol. The van der Waals surface area contributed by atoms with Crippen molar-refractivity contribution in [2.45, 2.75) is 26.4 Å². The van der Waals surface area contributed by atoms with Crippen LogP contribution in [0, 0.1) is 15.5 Å². The monoisotopic (exact) mass is 464 g/mol. The minimum Gasteiger partial charge on any atom is -0.444 e. The van der Waals surface area contributed by atoms with E-state index in [4.69, 9.17) is 15.9 Å². The lowest BCUT2D eigenvalue weighted by Crippen LogP contribution is -2.27. The van der Waals surface area contributed by atoms with E-state index in [-0.39, 0.29) is 23.2 Å². The highest BCUT2D eigenvalue weighted by molar-refractivity contribution is 5.95. The third-order valence-corrected chi connectivity index (χ3v) is 4.26. The second-order valence-corrected chi connectivity index (χ2v) is 8.12. The Bertz CT molecular complexity index is 1210. The van der Waals surface area contributed by atoms with E-state index < -0.39 is 16.6 Å². The van der Waals surface area contributed by atoms with E-state index in [1.54, 1.807) is 69.3 Å². The van der Waals surface area contributed by atoms with Crippen LogP contribution in [0.2, 0.25) is 0 Å². The van der Waals surface area contributed by atoms with Crippen LogP contribution in [0.1, 0.15) is 26.3 Å². The number of rotatable bonds is 7. The van der Waals surface area contributed by atoms with Gasteiger partial charge in [-0.25, -0.2) is 14.8 Å². The number of amidine groups is 1. The van der Waals surface area contributed by atoms with Crippen LogP contribution in [0.4, 0.5) is 39.2 Å². The Balaban J connectivity index is 1.77. The summed E-state index contributed by atoms with van der Waals surface area (Å²) in [5.74, 6) is -0.115. The summed E-state index contributed by atoms with van der Waals surface area (Å²) in [5, 5.41) is 27.6. The molecule has 12 nitrogen and oxygen atoms in total. The summed E-state index contributed by atoms with van der Waals surface area (Å²) in [5.41, 5.74) is 6.52. The van der Waals surface area contributed by atoms with Crippen LogP contribution in [0.25, 0.3) is 0 Å². The number of carbonyl (C=O) groups excluding carboxylic acids is 1. The van der Waals surface area contributed by atoms with Gasteiger partial charge in [0, 0.05) is 22.6 Å². The molecule has 0 saturated carbocycles. The fourth-order valence-electron chi connectivity index (χ4n) is 2.80. The van der Waals surface area contributed by atoms with E-state index in [0.717, 1.165) is 0 Å². The van der Waals surface area contributed by atoms with E-state index >= 15 is 0 Å². The minimum absolute atomic E-state index is 0.0127. The molecule has 12 heteroatoms. The highest BCUT2D eigenvalue weighted by atomic mass is 16.6. The number of benzene rings is 2. The van der Waals surface area contributed by atoms with Crippen molar-refractivity contribution in [3.05, 3.63) is 70.5 Å². The van der Waals surface area contributed by atoms with Crippen molar-refractivity contribution >= 4 is 46.3 Å². The van der Waals surface area contributed by atoms with Crippen LogP contribution in [-0.4, -0.2) is 32.4 Å². The number of aromatic nitrogens is 2. The van der Waals surface area contributed by atoms with Gasteiger partial charge in [-0.1, -0.05) is 0 Å². The number of hydrogen-bond acceptors (Lipinski definition) is 9. The van der Waals surface area contributed by atoms with Crippen LogP contribution < -0.4 is 21.7 Å². The summed E-state index contributed by atoms with van der Waals surface area (Å²) in [6.45, 7) is 5.29. The van der Waals surface area contributed by atoms with Gasteiger partial charge < -0.3 is 21.1 Å². The Hall–Kier alpha value is -4.74. The number of ether oxygens (including phenoxy) is 1. The van der Waals surface area contributed by atoms with Gasteiger partial charge in [0.1, 0.15) is 17.8 Å². The summed E-state index contributed by atoms with van der Waals surface area (Å²) in [4.78, 5) is 31.1. The summed E-state index contributed by atoms with van der Waals surface area (Å²) in [7, 11) is 0. The van der Waals surface area contributed by atoms with E-state index in [1.165, 1.54) is 6.33 Å². The normalized spacial score (nSPS) is 10.8. The maximum atomic E-state index is 11.9. The molecule has 0 atom stereocenters. The SMILES string of the molecule is CC(C)(C)OC(=O)Nc1ccc(Nc2ncnc(Nc3ccc(C(=N)N)cc3)c2[N+](=O)[O-])cc1. The molecule has 1 heterocycles. The molecule has 2 aromatic carbocycles. The molecular weight excluding hydrogens is 440 g/mol. The molecule has 6 N–H and O–H groups in total. The van der Waals surface area contributed by atoms with Gasteiger partial charge in [0.15, 0.2) is 0 Å². The smallest absolute Gasteiger partial charge is 0.412 e. The molecule has 1 amide bonds. The molecule has 3 aromatic rings. The summed E-state index contributed by atoms with van der Waals surface area (Å²) < 4.78 is 5.21. The van der Waals surface area contributed by atoms with Gasteiger partial charge >= 0.3 is 11.8 Å². The molecule has 0 unspecified atom stereocenters. The molecule has 0 bridgehead atoms. The largest absolute Gasteiger partial charge is 0.444 e. The zero-order valence-electron chi connectivity index (χ0n) is 18.7. The second kappa shape index (κ2) is 9.81. The number of nitrogens with one attached hydrogen (secondary N) is 4. The third-order valence-electron chi connectivity index (χ3n) is 4.26. The quantitative estimate of drug-likeness (QED) is 0.145. The molecule has 1 aromatic heterocycles. The topological polar surface area (TPSA) is 181 Å². The maximum absolute atomic E-state index is 11.9. The van der Waals surface area contributed by atoms with Crippen molar-refractivity contribution in [2.24, 2.45) is 5.73 Å². The molecule has 0 spiro atoms. The Morgan fingerprint density at radius 1 is 0.971 bits per heavy atom. The number of anilines is 5. The van der Waals surface area contributed by atoms with Crippen molar-refractivity contribution in [2.75, 3.05) is 16.0 Å². The number of nitrogens with two attached hydrogens (primary N) is 1. The maximum Gasteiger partial charge on any atom is 0.412 e. The third kappa shape index (κ3) is 6.38. The van der Waals surface area contributed by atoms with Gasteiger partial charge in [-0.05, 0) is 69.3 Å². The lowest BCUT2D eigenvalue weighted by atomic mass is 10.2. The van der Waals surface area contributed by atoms with Crippen LogP contribution in [0.5, 0.6) is 0 Å². The van der Waals surface area contributed by atoms with E-state index in [0.29, 0.717) is 22.6 Å². The fourth-order valence-corrected chi connectivity index (χ4v) is 2.80. The van der Waals surface area contributed by atoms with Crippen LogP contribution >= 0.6 is 0 Å². The first-order valence-corrected chi connectivity index (χ1v) is 10.1. The van der Waals surface area contributed by atoms with Crippen LogP contribution in [-0.2, 0) is 4.74 Å². The molecule has 0 aliphatic rings. The number of hydrogen-bond donors (Lipinski definition) is 5. The molecule has 0 aliphatic heterocycles. The van der Waals surface area contributed by atoms with E-state index in [2.05, 4.69) is 25.9 Å².